The van der Waals surface area contributed by atoms with Gasteiger partial charge >= 0.3 is 6.09 Å². The number of alkyl carbamates (subject to hydrolysis) is 1. The van der Waals surface area contributed by atoms with E-state index in [1.165, 1.54) is 6.07 Å². The number of halogens is 2. The maximum atomic E-state index is 13.5. The fraction of sp³-hybridized carbons (Fsp3) is 0.379. The maximum absolute atomic E-state index is 13.5. The molecule has 1 fully saturated rings. The van der Waals surface area contributed by atoms with E-state index in [1.54, 1.807) is 0 Å². The second-order valence-electron chi connectivity index (χ2n) is 10.8. The lowest BCUT2D eigenvalue weighted by Crippen LogP contribution is -2.50. The number of hydrogen-bond donors (Lipinski definition) is 1. The Balaban J connectivity index is 1.32. The van der Waals surface area contributed by atoms with E-state index in [2.05, 4.69) is 52.2 Å². The highest BCUT2D eigenvalue weighted by atomic mass is 79.9. The van der Waals surface area contributed by atoms with Gasteiger partial charge in [-0.05, 0) is 72.1 Å². The van der Waals surface area contributed by atoms with Crippen molar-refractivity contribution in [3.8, 4) is 17.2 Å². The molecule has 1 aliphatic carbocycles. The van der Waals surface area contributed by atoms with Crippen LogP contribution in [0.4, 0.5) is 9.18 Å². The van der Waals surface area contributed by atoms with Crippen LogP contribution in [0, 0.1) is 5.82 Å². The first-order valence-corrected chi connectivity index (χ1v) is 13.0. The molecule has 0 atom stereocenters. The molecule has 196 valence electrons. The molecule has 0 unspecified atom stereocenters. The summed E-state index contributed by atoms with van der Waals surface area (Å²) in [5.41, 5.74) is 1.49. The van der Waals surface area contributed by atoms with Gasteiger partial charge in [-0.15, -0.1) is 0 Å². The molecule has 1 N–H and O–H groups in total. The summed E-state index contributed by atoms with van der Waals surface area (Å²) in [7, 11) is 0. The highest BCUT2D eigenvalue weighted by molar-refractivity contribution is 9.10. The highest BCUT2D eigenvalue weighted by Gasteiger charge is 2.33. The summed E-state index contributed by atoms with van der Waals surface area (Å²) in [5, 5.41) is 2.89. The minimum Gasteiger partial charge on any atom is -0.490 e. The number of rotatable bonds is 7. The van der Waals surface area contributed by atoms with Crippen LogP contribution in [-0.4, -0.2) is 28.8 Å². The van der Waals surface area contributed by atoms with E-state index in [0.29, 0.717) is 16.1 Å². The number of aromatic nitrogens is 1. The van der Waals surface area contributed by atoms with Crippen molar-refractivity contribution in [2.45, 2.75) is 70.6 Å². The molecular formula is C29H32BrFN2O4. The number of nitrogens with zero attached hydrogens (tertiary/aromatic N) is 1. The zero-order valence-corrected chi connectivity index (χ0v) is 23.3. The van der Waals surface area contributed by atoms with Gasteiger partial charge in [-0.2, -0.15) is 0 Å². The van der Waals surface area contributed by atoms with Crippen LogP contribution in [-0.2, 0) is 10.2 Å². The van der Waals surface area contributed by atoms with Gasteiger partial charge in [0.1, 0.15) is 33.6 Å². The average molecular weight is 571 g/mol. The van der Waals surface area contributed by atoms with E-state index < -0.39 is 11.4 Å². The zero-order valence-electron chi connectivity index (χ0n) is 21.7. The van der Waals surface area contributed by atoms with Gasteiger partial charge in [0, 0.05) is 30.4 Å². The second kappa shape index (κ2) is 10.7. The van der Waals surface area contributed by atoms with Gasteiger partial charge < -0.3 is 19.5 Å². The van der Waals surface area contributed by atoms with E-state index in [0.717, 1.165) is 35.9 Å². The van der Waals surface area contributed by atoms with E-state index in [1.807, 2.05) is 57.2 Å². The molecule has 0 radical (unpaired) electrons. The molecule has 37 heavy (non-hydrogen) atoms. The second-order valence-corrected chi connectivity index (χ2v) is 11.5. The summed E-state index contributed by atoms with van der Waals surface area (Å²) in [4.78, 5) is 15.8. The molecule has 0 saturated heterocycles. The molecule has 0 spiro atoms. The molecule has 0 aliphatic heterocycles. The van der Waals surface area contributed by atoms with Crippen molar-refractivity contribution in [1.29, 1.82) is 0 Å². The third kappa shape index (κ3) is 7.01. The average Bonchev–Trinajstić information content (AvgIpc) is 2.79. The summed E-state index contributed by atoms with van der Waals surface area (Å²) in [6, 6.07) is 17.2. The molecular weight excluding hydrogens is 539 g/mol. The van der Waals surface area contributed by atoms with E-state index in [4.69, 9.17) is 14.2 Å². The van der Waals surface area contributed by atoms with Crippen LogP contribution in [0.1, 0.15) is 58.6 Å². The predicted octanol–water partition coefficient (Wildman–Crippen LogP) is 7.54. The smallest absolute Gasteiger partial charge is 0.407 e. The highest BCUT2D eigenvalue weighted by Crippen LogP contribution is 2.35. The van der Waals surface area contributed by atoms with Crippen molar-refractivity contribution in [3.05, 3.63) is 82.3 Å². The number of pyridine rings is 1. The largest absolute Gasteiger partial charge is 0.490 e. The molecule has 1 aliphatic rings. The molecule has 1 aromatic heterocycles. The van der Waals surface area contributed by atoms with Crippen molar-refractivity contribution in [3.63, 3.8) is 0 Å². The van der Waals surface area contributed by atoms with E-state index in [-0.39, 0.29) is 23.7 Å². The lowest BCUT2D eigenvalue weighted by atomic mass is 9.78. The van der Waals surface area contributed by atoms with Crippen LogP contribution in [0.25, 0.3) is 0 Å². The fourth-order valence-electron chi connectivity index (χ4n) is 4.11. The maximum Gasteiger partial charge on any atom is 0.407 e. The number of nitrogens with one attached hydrogen (secondary N) is 1. The fourth-order valence-corrected chi connectivity index (χ4v) is 4.40. The van der Waals surface area contributed by atoms with Crippen LogP contribution in [0.3, 0.4) is 0 Å². The molecule has 4 rings (SSSR count). The Morgan fingerprint density at radius 1 is 0.973 bits per heavy atom. The summed E-state index contributed by atoms with van der Waals surface area (Å²) in [6.07, 6.45) is 2.32. The first-order chi connectivity index (χ1) is 17.4. The Morgan fingerprint density at radius 3 is 2.11 bits per heavy atom. The van der Waals surface area contributed by atoms with Crippen LogP contribution in [0.15, 0.2) is 65.4 Å². The zero-order chi connectivity index (χ0) is 26.8. The molecule has 6 nitrogen and oxygen atoms in total. The van der Waals surface area contributed by atoms with Gasteiger partial charge in [0.2, 0.25) is 0 Å². The Morgan fingerprint density at radius 2 is 1.54 bits per heavy atom. The summed E-state index contributed by atoms with van der Waals surface area (Å²) in [5.74, 6) is 1.26. The SMILES string of the molecule is CC(C)(C)OC(=O)NC1CC(Oc2ccc(C(C)(C)c3ccc(Oc4cc(F)cnc4Br)cc3)cc2)C1. The minimum absolute atomic E-state index is 0.0691. The van der Waals surface area contributed by atoms with Crippen LogP contribution >= 0.6 is 15.9 Å². The van der Waals surface area contributed by atoms with Crippen LogP contribution < -0.4 is 14.8 Å². The number of carbonyl (C=O) groups is 1. The van der Waals surface area contributed by atoms with E-state index in [9.17, 15) is 9.18 Å². The van der Waals surface area contributed by atoms with Crippen molar-refractivity contribution in [2.75, 3.05) is 0 Å². The molecule has 3 aromatic rings. The molecule has 0 bridgehead atoms. The normalized spacial score (nSPS) is 17.5. The molecule has 8 heteroatoms. The standard InChI is InChI=1S/C29H32BrFN2O4/c1-28(2,3)37-27(34)33-21-15-24(16-21)35-22-10-6-18(7-11-22)29(4,5)19-8-12-23(13-9-19)36-25-14-20(31)17-32-26(25)30/h6-14,17,21,24H,15-16H2,1-5H3,(H,33,34). The monoisotopic (exact) mass is 570 g/mol. The Bertz CT molecular complexity index is 1230. The van der Waals surface area contributed by atoms with Crippen molar-refractivity contribution in [1.82, 2.24) is 10.3 Å². The van der Waals surface area contributed by atoms with Crippen LogP contribution in [0.5, 0.6) is 17.2 Å². The first kappa shape index (κ1) is 26.9. The lowest BCUT2D eigenvalue weighted by Gasteiger charge is -2.36. The molecule has 1 saturated carbocycles. The topological polar surface area (TPSA) is 69.7 Å². The number of ether oxygens (including phenoxy) is 3. The van der Waals surface area contributed by atoms with Gasteiger partial charge in [-0.25, -0.2) is 14.2 Å². The van der Waals surface area contributed by atoms with Crippen molar-refractivity contribution >= 4 is 22.0 Å². The molecule has 1 amide bonds. The van der Waals surface area contributed by atoms with Gasteiger partial charge in [0.05, 0.1) is 6.20 Å². The Labute approximate surface area is 225 Å². The number of amides is 1. The molecule has 2 aromatic carbocycles. The van der Waals surface area contributed by atoms with Gasteiger partial charge in [-0.1, -0.05) is 38.1 Å². The number of carbonyl (C=O) groups excluding carboxylic acids is 1. The number of hydrogen-bond acceptors (Lipinski definition) is 5. The van der Waals surface area contributed by atoms with Gasteiger partial charge in [-0.3, -0.25) is 0 Å². The summed E-state index contributed by atoms with van der Waals surface area (Å²) >= 11 is 3.28. The Hall–Kier alpha value is -3.13. The third-order valence-electron chi connectivity index (χ3n) is 6.27. The molecule has 1 heterocycles. The Kier molecular flexibility index (Phi) is 7.78. The number of benzene rings is 2. The van der Waals surface area contributed by atoms with Crippen molar-refractivity contribution in [2.24, 2.45) is 0 Å². The minimum atomic E-state index is -0.507. The quantitative estimate of drug-likeness (QED) is 0.297. The van der Waals surface area contributed by atoms with Crippen molar-refractivity contribution < 1.29 is 23.4 Å². The lowest BCUT2D eigenvalue weighted by molar-refractivity contribution is 0.0363. The summed E-state index contributed by atoms with van der Waals surface area (Å²) < 4.78 is 31.1. The third-order valence-corrected chi connectivity index (χ3v) is 6.87. The van der Waals surface area contributed by atoms with Crippen LogP contribution in [0.2, 0.25) is 0 Å². The van der Waals surface area contributed by atoms with E-state index >= 15 is 0 Å². The van der Waals surface area contributed by atoms with Gasteiger partial charge in [0.25, 0.3) is 0 Å². The summed E-state index contributed by atoms with van der Waals surface area (Å²) in [6.45, 7) is 9.86. The predicted molar refractivity (Wildman–Crippen MR) is 144 cm³/mol. The van der Waals surface area contributed by atoms with Gasteiger partial charge in [0.15, 0.2) is 5.75 Å². The first-order valence-electron chi connectivity index (χ1n) is 12.3.